The molecule has 2 fully saturated rings. The van der Waals surface area contributed by atoms with Crippen LogP contribution in [0.5, 0.6) is 0 Å². The first-order valence-electron chi connectivity index (χ1n) is 6.09. The Labute approximate surface area is 95.2 Å². The zero-order valence-electron chi connectivity index (χ0n) is 9.65. The maximum Gasteiger partial charge on any atom is 0.240 e. The highest BCUT2D eigenvalue weighted by Gasteiger charge is 2.29. The van der Waals surface area contributed by atoms with Crippen molar-refractivity contribution in [2.45, 2.75) is 38.3 Å². The molecule has 2 aliphatic rings. The number of hydrogen-bond acceptors (Lipinski definition) is 5. The van der Waals surface area contributed by atoms with Crippen LogP contribution in [0.1, 0.15) is 37.4 Å². The van der Waals surface area contributed by atoms with E-state index in [9.17, 15) is 0 Å². The van der Waals surface area contributed by atoms with Gasteiger partial charge in [0, 0.05) is 31.6 Å². The van der Waals surface area contributed by atoms with Gasteiger partial charge >= 0.3 is 0 Å². The Morgan fingerprint density at radius 1 is 1.50 bits per heavy atom. The van der Waals surface area contributed by atoms with E-state index >= 15 is 0 Å². The predicted octanol–water partition coefficient (Wildman–Crippen LogP) is 0.741. The molecule has 1 aromatic rings. The number of nitrogens with zero attached hydrogens (tertiary/aromatic N) is 3. The lowest BCUT2D eigenvalue weighted by Crippen LogP contribution is -2.48. The summed E-state index contributed by atoms with van der Waals surface area (Å²) in [6.07, 6.45) is 2.45. The van der Waals surface area contributed by atoms with Gasteiger partial charge < -0.3 is 9.84 Å². The first-order chi connectivity index (χ1) is 7.81. The van der Waals surface area contributed by atoms with Gasteiger partial charge in [-0.15, -0.1) is 0 Å². The lowest BCUT2D eigenvalue weighted by molar-refractivity contribution is 0.177. The minimum absolute atomic E-state index is 0.555. The Bertz CT molecular complexity index is 361. The predicted molar refractivity (Wildman–Crippen MR) is 59.0 cm³/mol. The SMILES string of the molecule is C[C@H]1CN(Cc2nc(C3CC3)no2)CCN1. The lowest BCUT2D eigenvalue weighted by Gasteiger charge is -2.30. The van der Waals surface area contributed by atoms with E-state index in [4.69, 9.17) is 4.52 Å². The molecule has 1 N–H and O–H groups in total. The molecule has 16 heavy (non-hydrogen) atoms. The van der Waals surface area contributed by atoms with E-state index in [0.717, 1.165) is 37.9 Å². The van der Waals surface area contributed by atoms with E-state index in [1.54, 1.807) is 0 Å². The molecule has 1 aliphatic heterocycles. The molecule has 0 radical (unpaired) electrons. The van der Waals surface area contributed by atoms with E-state index in [-0.39, 0.29) is 0 Å². The highest BCUT2D eigenvalue weighted by molar-refractivity contribution is 5.03. The zero-order valence-corrected chi connectivity index (χ0v) is 9.65. The van der Waals surface area contributed by atoms with Gasteiger partial charge in [-0.25, -0.2) is 0 Å². The number of rotatable bonds is 3. The Morgan fingerprint density at radius 3 is 3.12 bits per heavy atom. The van der Waals surface area contributed by atoms with Crippen LogP contribution >= 0.6 is 0 Å². The second-order valence-corrected chi connectivity index (χ2v) is 4.91. The molecule has 1 atom stereocenters. The topological polar surface area (TPSA) is 54.2 Å². The van der Waals surface area contributed by atoms with Crippen molar-refractivity contribution in [3.05, 3.63) is 11.7 Å². The summed E-state index contributed by atoms with van der Waals surface area (Å²) in [5.74, 6) is 2.27. The normalized spacial score (nSPS) is 27.2. The molecule has 5 heteroatoms. The van der Waals surface area contributed by atoms with Crippen LogP contribution < -0.4 is 5.32 Å². The lowest BCUT2D eigenvalue weighted by atomic mass is 10.2. The minimum Gasteiger partial charge on any atom is -0.338 e. The fourth-order valence-corrected chi connectivity index (χ4v) is 2.19. The summed E-state index contributed by atoms with van der Waals surface area (Å²) in [7, 11) is 0. The van der Waals surface area contributed by atoms with Crippen LogP contribution in [0, 0.1) is 0 Å². The second-order valence-electron chi connectivity index (χ2n) is 4.91. The van der Waals surface area contributed by atoms with Gasteiger partial charge in [-0.05, 0) is 19.8 Å². The van der Waals surface area contributed by atoms with Gasteiger partial charge in [0.15, 0.2) is 5.82 Å². The summed E-state index contributed by atoms with van der Waals surface area (Å²) in [5, 5.41) is 7.46. The molecule has 0 spiro atoms. The Balaban J connectivity index is 1.59. The number of hydrogen-bond donors (Lipinski definition) is 1. The molecule has 3 rings (SSSR count). The molecule has 1 saturated carbocycles. The summed E-state index contributed by atoms with van der Waals surface area (Å²) in [5.41, 5.74) is 0. The molecule has 0 bridgehead atoms. The van der Waals surface area contributed by atoms with Gasteiger partial charge in [0.2, 0.25) is 5.89 Å². The molecular weight excluding hydrogens is 204 g/mol. The summed E-state index contributed by atoms with van der Waals surface area (Å²) >= 11 is 0. The van der Waals surface area contributed by atoms with E-state index in [1.165, 1.54) is 12.8 Å². The molecule has 1 aromatic heterocycles. The van der Waals surface area contributed by atoms with Crippen LogP contribution in [0.3, 0.4) is 0 Å². The largest absolute Gasteiger partial charge is 0.338 e. The maximum atomic E-state index is 5.28. The Hall–Kier alpha value is -0.940. The van der Waals surface area contributed by atoms with Crippen molar-refractivity contribution < 1.29 is 4.52 Å². The van der Waals surface area contributed by atoms with E-state index in [1.807, 2.05) is 0 Å². The first-order valence-corrected chi connectivity index (χ1v) is 6.09. The van der Waals surface area contributed by atoms with Gasteiger partial charge in [-0.3, -0.25) is 4.90 Å². The summed E-state index contributed by atoms with van der Waals surface area (Å²) in [6, 6.07) is 0.555. The average Bonchev–Trinajstić information content (AvgIpc) is 3.01. The molecule has 88 valence electrons. The quantitative estimate of drug-likeness (QED) is 0.817. The van der Waals surface area contributed by atoms with Crippen LogP contribution in [0.15, 0.2) is 4.52 Å². The van der Waals surface area contributed by atoms with Crippen LogP contribution in [-0.4, -0.2) is 40.7 Å². The van der Waals surface area contributed by atoms with Crippen molar-refractivity contribution in [1.29, 1.82) is 0 Å². The number of nitrogens with one attached hydrogen (secondary N) is 1. The van der Waals surface area contributed by atoms with Gasteiger partial charge in [-0.1, -0.05) is 5.16 Å². The highest BCUT2D eigenvalue weighted by Crippen LogP contribution is 2.38. The van der Waals surface area contributed by atoms with Crippen LogP contribution in [0.25, 0.3) is 0 Å². The van der Waals surface area contributed by atoms with Crippen LogP contribution in [0.2, 0.25) is 0 Å². The second kappa shape index (κ2) is 4.14. The molecule has 5 nitrogen and oxygen atoms in total. The third kappa shape index (κ3) is 2.25. The van der Waals surface area contributed by atoms with E-state index in [2.05, 4.69) is 27.3 Å². The van der Waals surface area contributed by atoms with Crippen molar-refractivity contribution in [2.24, 2.45) is 0 Å². The zero-order chi connectivity index (χ0) is 11.0. The molecule has 1 aliphatic carbocycles. The van der Waals surface area contributed by atoms with E-state index in [0.29, 0.717) is 12.0 Å². The maximum absolute atomic E-state index is 5.28. The molecular formula is C11H18N4O. The Morgan fingerprint density at radius 2 is 2.38 bits per heavy atom. The van der Waals surface area contributed by atoms with E-state index < -0.39 is 0 Å². The van der Waals surface area contributed by atoms with Gasteiger partial charge in [-0.2, -0.15) is 4.98 Å². The van der Waals surface area contributed by atoms with Gasteiger partial charge in [0.25, 0.3) is 0 Å². The monoisotopic (exact) mass is 222 g/mol. The summed E-state index contributed by atoms with van der Waals surface area (Å²) in [4.78, 5) is 6.82. The van der Waals surface area contributed by atoms with Crippen LogP contribution in [0.4, 0.5) is 0 Å². The third-order valence-electron chi connectivity index (χ3n) is 3.24. The number of aromatic nitrogens is 2. The minimum atomic E-state index is 0.555. The van der Waals surface area contributed by atoms with Crippen molar-refractivity contribution in [1.82, 2.24) is 20.4 Å². The molecule has 2 heterocycles. The third-order valence-corrected chi connectivity index (χ3v) is 3.24. The molecule has 0 amide bonds. The summed E-state index contributed by atoms with van der Waals surface area (Å²) < 4.78 is 5.28. The first kappa shape index (κ1) is 10.2. The Kier molecular flexibility index (Phi) is 2.65. The van der Waals surface area contributed by atoms with Crippen molar-refractivity contribution >= 4 is 0 Å². The van der Waals surface area contributed by atoms with Gasteiger partial charge in [0.05, 0.1) is 6.54 Å². The highest BCUT2D eigenvalue weighted by atomic mass is 16.5. The van der Waals surface area contributed by atoms with Crippen molar-refractivity contribution in [3.8, 4) is 0 Å². The summed E-state index contributed by atoms with van der Waals surface area (Å²) in [6.45, 7) is 6.17. The van der Waals surface area contributed by atoms with Gasteiger partial charge in [0.1, 0.15) is 0 Å². The van der Waals surface area contributed by atoms with Crippen LogP contribution in [-0.2, 0) is 6.54 Å². The fourth-order valence-electron chi connectivity index (χ4n) is 2.19. The average molecular weight is 222 g/mol. The molecule has 1 saturated heterocycles. The molecule has 0 aromatic carbocycles. The molecule has 0 unspecified atom stereocenters. The standard InChI is InChI=1S/C11H18N4O/c1-8-6-15(5-4-12-8)7-10-13-11(14-16-10)9-2-3-9/h8-9,12H,2-7H2,1H3/t8-/m0/s1. The van der Waals surface area contributed by atoms with Crippen molar-refractivity contribution in [3.63, 3.8) is 0 Å². The van der Waals surface area contributed by atoms with Crippen molar-refractivity contribution in [2.75, 3.05) is 19.6 Å². The number of piperazine rings is 1. The fraction of sp³-hybridized carbons (Fsp3) is 0.818. The smallest absolute Gasteiger partial charge is 0.240 e.